The van der Waals surface area contributed by atoms with Gasteiger partial charge in [0.1, 0.15) is 11.5 Å². The summed E-state index contributed by atoms with van der Waals surface area (Å²) in [6, 6.07) is 23.7. The minimum atomic E-state index is -0.189. The van der Waals surface area contributed by atoms with Gasteiger partial charge in [0, 0.05) is 37.2 Å². The molecule has 3 N–H and O–H groups in total. The molecule has 7 heteroatoms. The molecule has 166 valence electrons. The van der Waals surface area contributed by atoms with Crippen molar-refractivity contribution in [1.82, 2.24) is 5.32 Å². The van der Waals surface area contributed by atoms with Gasteiger partial charge in [-0.1, -0.05) is 18.2 Å². The van der Waals surface area contributed by atoms with E-state index in [2.05, 4.69) is 16.0 Å². The van der Waals surface area contributed by atoms with Crippen LogP contribution in [0.1, 0.15) is 16.8 Å². The van der Waals surface area contributed by atoms with Crippen molar-refractivity contribution in [2.24, 2.45) is 0 Å². The summed E-state index contributed by atoms with van der Waals surface area (Å²) in [7, 11) is 1.63. The second-order valence-corrected chi connectivity index (χ2v) is 7.02. The first-order valence-corrected chi connectivity index (χ1v) is 10.4. The largest absolute Gasteiger partial charge is 0.457 e. The summed E-state index contributed by atoms with van der Waals surface area (Å²) in [6.07, 6.45) is 0.756. The van der Waals surface area contributed by atoms with Crippen LogP contribution in [0.5, 0.6) is 11.5 Å². The van der Waals surface area contributed by atoms with E-state index >= 15 is 0 Å². The van der Waals surface area contributed by atoms with Crippen molar-refractivity contribution in [2.75, 3.05) is 37.4 Å². The first kappa shape index (κ1) is 22.8. The molecule has 0 radical (unpaired) electrons. The van der Waals surface area contributed by atoms with Gasteiger partial charge in [0.25, 0.3) is 5.91 Å². The standard InChI is InChI=1S/C25H27N3O4/c1-31-17-5-16-26-25(30)19-8-10-21(11-9-19)28-24(29)18-27-20-12-14-23(15-13-20)32-22-6-3-2-4-7-22/h2-4,6-15,27H,5,16-18H2,1H3,(H,26,30)(H,28,29). The van der Waals surface area contributed by atoms with Crippen molar-refractivity contribution < 1.29 is 19.1 Å². The van der Waals surface area contributed by atoms with E-state index in [4.69, 9.17) is 9.47 Å². The van der Waals surface area contributed by atoms with Crippen LogP contribution in [0, 0.1) is 0 Å². The maximum Gasteiger partial charge on any atom is 0.251 e. The molecular formula is C25H27N3O4. The molecule has 0 aliphatic carbocycles. The fraction of sp³-hybridized carbons (Fsp3) is 0.200. The SMILES string of the molecule is COCCCNC(=O)c1ccc(NC(=O)CNc2ccc(Oc3ccccc3)cc2)cc1. The van der Waals surface area contributed by atoms with Crippen LogP contribution in [0.4, 0.5) is 11.4 Å². The highest BCUT2D eigenvalue weighted by Gasteiger charge is 2.07. The van der Waals surface area contributed by atoms with Crippen molar-refractivity contribution in [1.29, 1.82) is 0 Å². The topological polar surface area (TPSA) is 88.7 Å². The van der Waals surface area contributed by atoms with Gasteiger partial charge in [-0.2, -0.15) is 0 Å². The van der Waals surface area contributed by atoms with E-state index in [1.165, 1.54) is 0 Å². The van der Waals surface area contributed by atoms with Gasteiger partial charge in [0.05, 0.1) is 6.54 Å². The highest BCUT2D eigenvalue weighted by Crippen LogP contribution is 2.22. The lowest BCUT2D eigenvalue weighted by molar-refractivity contribution is -0.114. The smallest absolute Gasteiger partial charge is 0.251 e. The number of benzene rings is 3. The minimum absolute atomic E-state index is 0.112. The van der Waals surface area contributed by atoms with E-state index in [0.717, 1.165) is 17.9 Å². The average molecular weight is 434 g/mol. The van der Waals surface area contributed by atoms with Crippen molar-refractivity contribution >= 4 is 23.2 Å². The summed E-state index contributed by atoms with van der Waals surface area (Å²) >= 11 is 0. The van der Waals surface area contributed by atoms with Crippen LogP contribution in [0.15, 0.2) is 78.9 Å². The Balaban J connectivity index is 1.42. The molecule has 0 saturated heterocycles. The molecule has 0 fully saturated rings. The normalized spacial score (nSPS) is 10.3. The zero-order valence-electron chi connectivity index (χ0n) is 18.0. The summed E-state index contributed by atoms with van der Waals surface area (Å²) in [5.74, 6) is 1.14. The summed E-state index contributed by atoms with van der Waals surface area (Å²) in [6.45, 7) is 1.27. The first-order chi connectivity index (χ1) is 15.6. The molecule has 3 aromatic carbocycles. The lowest BCUT2D eigenvalue weighted by atomic mass is 10.2. The van der Waals surface area contributed by atoms with Crippen molar-refractivity contribution in [3.05, 3.63) is 84.4 Å². The third-order valence-corrected chi connectivity index (χ3v) is 4.53. The van der Waals surface area contributed by atoms with E-state index in [-0.39, 0.29) is 18.4 Å². The summed E-state index contributed by atoms with van der Waals surface area (Å²) < 4.78 is 10.7. The molecule has 0 atom stereocenters. The fourth-order valence-corrected chi connectivity index (χ4v) is 2.88. The summed E-state index contributed by atoms with van der Waals surface area (Å²) in [5, 5.41) is 8.71. The number of hydrogen-bond donors (Lipinski definition) is 3. The molecule has 3 rings (SSSR count). The van der Waals surface area contributed by atoms with Crippen LogP contribution in [0.2, 0.25) is 0 Å². The molecule has 32 heavy (non-hydrogen) atoms. The second kappa shape index (κ2) is 12.1. The van der Waals surface area contributed by atoms with E-state index in [1.54, 1.807) is 31.4 Å². The molecule has 0 aliphatic rings. The first-order valence-electron chi connectivity index (χ1n) is 10.4. The number of ether oxygens (including phenoxy) is 2. The van der Waals surface area contributed by atoms with Crippen LogP contribution in [0.25, 0.3) is 0 Å². The lowest BCUT2D eigenvalue weighted by Gasteiger charge is -2.10. The number of carbonyl (C=O) groups is 2. The van der Waals surface area contributed by atoms with Crippen molar-refractivity contribution in [3.8, 4) is 11.5 Å². The van der Waals surface area contributed by atoms with Crippen LogP contribution in [-0.4, -0.2) is 38.6 Å². The Morgan fingerprint density at radius 3 is 2.16 bits per heavy atom. The Morgan fingerprint density at radius 1 is 0.812 bits per heavy atom. The number of methoxy groups -OCH3 is 1. The maximum absolute atomic E-state index is 12.2. The Morgan fingerprint density at radius 2 is 1.47 bits per heavy atom. The molecule has 3 aromatic rings. The quantitative estimate of drug-likeness (QED) is 0.393. The van der Waals surface area contributed by atoms with Gasteiger partial charge in [0.2, 0.25) is 5.91 Å². The van der Waals surface area contributed by atoms with Gasteiger partial charge < -0.3 is 25.4 Å². The number of carbonyl (C=O) groups excluding carboxylic acids is 2. The monoisotopic (exact) mass is 433 g/mol. The highest BCUT2D eigenvalue weighted by atomic mass is 16.5. The Hall–Kier alpha value is -3.84. The predicted octanol–water partition coefficient (Wildman–Crippen LogP) is 4.30. The van der Waals surface area contributed by atoms with Gasteiger partial charge in [0.15, 0.2) is 0 Å². The van der Waals surface area contributed by atoms with Crippen molar-refractivity contribution in [2.45, 2.75) is 6.42 Å². The van der Waals surface area contributed by atoms with Gasteiger partial charge >= 0.3 is 0 Å². The van der Waals surface area contributed by atoms with Crippen LogP contribution in [0.3, 0.4) is 0 Å². The number of anilines is 2. The van der Waals surface area contributed by atoms with Crippen LogP contribution in [-0.2, 0) is 9.53 Å². The zero-order valence-corrected chi connectivity index (χ0v) is 18.0. The van der Waals surface area contributed by atoms with Gasteiger partial charge in [-0.25, -0.2) is 0 Å². The Labute approximate surface area is 187 Å². The highest BCUT2D eigenvalue weighted by molar-refractivity contribution is 5.96. The molecule has 7 nitrogen and oxygen atoms in total. The molecular weight excluding hydrogens is 406 g/mol. The molecule has 0 unspecified atom stereocenters. The zero-order chi connectivity index (χ0) is 22.6. The fourth-order valence-electron chi connectivity index (χ4n) is 2.88. The molecule has 0 aliphatic heterocycles. The predicted molar refractivity (Wildman–Crippen MR) is 125 cm³/mol. The van der Waals surface area contributed by atoms with E-state index in [0.29, 0.717) is 30.2 Å². The number of nitrogens with one attached hydrogen (secondary N) is 3. The summed E-state index contributed by atoms with van der Waals surface area (Å²) in [4.78, 5) is 24.3. The number of amides is 2. The number of rotatable bonds is 11. The lowest BCUT2D eigenvalue weighted by Crippen LogP contribution is -2.25. The number of para-hydroxylation sites is 1. The maximum atomic E-state index is 12.2. The Kier molecular flexibility index (Phi) is 8.65. The van der Waals surface area contributed by atoms with E-state index in [9.17, 15) is 9.59 Å². The second-order valence-electron chi connectivity index (χ2n) is 7.02. The summed E-state index contributed by atoms with van der Waals surface area (Å²) in [5.41, 5.74) is 1.97. The van der Waals surface area contributed by atoms with Crippen LogP contribution < -0.4 is 20.7 Å². The molecule has 0 spiro atoms. The minimum Gasteiger partial charge on any atom is -0.457 e. The van der Waals surface area contributed by atoms with E-state index in [1.807, 2.05) is 54.6 Å². The van der Waals surface area contributed by atoms with Gasteiger partial charge in [-0.15, -0.1) is 0 Å². The van der Waals surface area contributed by atoms with Crippen molar-refractivity contribution in [3.63, 3.8) is 0 Å². The third-order valence-electron chi connectivity index (χ3n) is 4.53. The van der Waals surface area contributed by atoms with E-state index < -0.39 is 0 Å². The molecule has 0 heterocycles. The van der Waals surface area contributed by atoms with Gasteiger partial charge in [-0.3, -0.25) is 9.59 Å². The molecule has 0 saturated carbocycles. The number of hydrogen-bond acceptors (Lipinski definition) is 5. The van der Waals surface area contributed by atoms with Crippen LogP contribution >= 0.6 is 0 Å². The Bertz CT molecular complexity index is 990. The molecule has 2 amide bonds. The van der Waals surface area contributed by atoms with Gasteiger partial charge in [-0.05, 0) is 67.1 Å². The average Bonchev–Trinajstić information content (AvgIpc) is 2.82. The molecule has 0 aromatic heterocycles. The molecule has 0 bridgehead atoms. The third kappa shape index (κ3) is 7.45.